The van der Waals surface area contributed by atoms with Crippen LogP contribution in [0.25, 0.3) is 0 Å². The fraction of sp³-hybridized carbons (Fsp3) is 0.600. The van der Waals surface area contributed by atoms with Crippen molar-refractivity contribution in [2.24, 2.45) is 0 Å². The monoisotopic (exact) mass is 253 g/mol. The van der Waals surface area contributed by atoms with Gasteiger partial charge in [0.15, 0.2) is 0 Å². The van der Waals surface area contributed by atoms with E-state index in [0.717, 1.165) is 24.9 Å². The molecule has 0 radical (unpaired) electrons. The molecule has 2 atom stereocenters. The van der Waals surface area contributed by atoms with E-state index in [1.165, 1.54) is 0 Å². The van der Waals surface area contributed by atoms with E-state index < -0.39 is 0 Å². The Kier molecular flexibility index (Phi) is 6.30. The molecular formula is C15H24FNO. The Labute approximate surface area is 110 Å². The van der Waals surface area contributed by atoms with Gasteiger partial charge in [0.1, 0.15) is 5.82 Å². The number of nitrogens with one attached hydrogen (secondary N) is 1. The normalized spacial score (nSPS) is 14.5. The van der Waals surface area contributed by atoms with Crippen LogP contribution in [-0.2, 0) is 4.74 Å². The summed E-state index contributed by atoms with van der Waals surface area (Å²) in [6.07, 6.45) is 2.16. The SMILES string of the molecule is CCCNC(CC(C)OC)c1ccc(F)c(C)c1. The van der Waals surface area contributed by atoms with E-state index in [0.29, 0.717) is 5.56 Å². The van der Waals surface area contributed by atoms with Gasteiger partial charge in [0.2, 0.25) is 0 Å². The Hall–Kier alpha value is -0.930. The second-order valence-corrected chi connectivity index (χ2v) is 4.80. The highest BCUT2D eigenvalue weighted by Crippen LogP contribution is 2.22. The van der Waals surface area contributed by atoms with Crippen molar-refractivity contribution < 1.29 is 9.13 Å². The van der Waals surface area contributed by atoms with E-state index >= 15 is 0 Å². The lowest BCUT2D eigenvalue weighted by molar-refractivity contribution is 0.100. The molecular weight excluding hydrogens is 229 g/mol. The summed E-state index contributed by atoms with van der Waals surface area (Å²) in [6, 6.07) is 5.55. The Morgan fingerprint density at radius 1 is 1.39 bits per heavy atom. The fourth-order valence-electron chi connectivity index (χ4n) is 1.97. The standard InChI is InChI=1S/C15H24FNO/c1-5-8-17-15(10-12(3)18-4)13-6-7-14(16)11(2)9-13/h6-7,9,12,15,17H,5,8,10H2,1-4H3. The van der Waals surface area contributed by atoms with Gasteiger partial charge in [-0.2, -0.15) is 0 Å². The third-order valence-corrected chi connectivity index (χ3v) is 3.20. The maximum absolute atomic E-state index is 13.3. The number of hydrogen-bond acceptors (Lipinski definition) is 2. The number of methoxy groups -OCH3 is 1. The Bertz CT molecular complexity index is 368. The molecule has 0 amide bonds. The highest BCUT2D eigenvalue weighted by Gasteiger charge is 2.15. The van der Waals surface area contributed by atoms with Gasteiger partial charge in [0, 0.05) is 13.2 Å². The quantitative estimate of drug-likeness (QED) is 0.801. The summed E-state index contributed by atoms with van der Waals surface area (Å²) in [7, 11) is 1.72. The van der Waals surface area contributed by atoms with Crippen LogP contribution in [0, 0.1) is 12.7 Å². The molecule has 0 aromatic heterocycles. The lowest BCUT2D eigenvalue weighted by Crippen LogP contribution is -2.26. The summed E-state index contributed by atoms with van der Waals surface area (Å²) >= 11 is 0. The molecule has 1 aromatic carbocycles. The molecule has 0 aliphatic carbocycles. The second kappa shape index (κ2) is 7.49. The van der Waals surface area contributed by atoms with Crippen LogP contribution in [0.5, 0.6) is 0 Å². The van der Waals surface area contributed by atoms with Crippen molar-refractivity contribution in [3.8, 4) is 0 Å². The Morgan fingerprint density at radius 2 is 2.11 bits per heavy atom. The number of benzene rings is 1. The predicted octanol–water partition coefficient (Wildman–Crippen LogP) is 3.60. The summed E-state index contributed by atoms with van der Waals surface area (Å²) in [5, 5.41) is 3.50. The summed E-state index contributed by atoms with van der Waals surface area (Å²) in [4.78, 5) is 0. The van der Waals surface area contributed by atoms with Crippen molar-refractivity contribution >= 4 is 0 Å². The van der Waals surface area contributed by atoms with Crippen LogP contribution in [0.4, 0.5) is 4.39 Å². The first kappa shape index (κ1) is 15.1. The largest absolute Gasteiger partial charge is 0.382 e. The molecule has 2 unspecified atom stereocenters. The average Bonchev–Trinajstić information content (AvgIpc) is 2.37. The van der Waals surface area contributed by atoms with Crippen molar-refractivity contribution in [3.05, 3.63) is 35.1 Å². The zero-order valence-corrected chi connectivity index (χ0v) is 11.8. The molecule has 18 heavy (non-hydrogen) atoms. The van der Waals surface area contributed by atoms with Crippen LogP contribution in [0.15, 0.2) is 18.2 Å². The van der Waals surface area contributed by atoms with Crippen molar-refractivity contribution in [1.82, 2.24) is 5.32 Å². The van der Waals surface area contributed by atoms with E-state index in [4.69, 9.17) is 4.74 Å². The molecule has 1 aromatic rings. The van der Waals surface area contributed by atoms with Crippen molar-refractivity contribution in [3.63, 3.8) is 0 Å². The summed E-state index contributed by atoms with van der Waals surface area (Å²) in [5.74, 6) is -0.146. The van der Waals surface area contributed by atoms with Gasteiger partial charge < -0.3 is 10.1 Å². The van der Waals surface area contributed by atoms with Gasteiger partial charge in [-0.3, -0.25) is 0 Å². The zero-order chi connectivity index (χ0) is 13.5. The number of rotatable bonds is 7. The summed E-state index contributed by atoms with van der Waals surface area (Å²) in [6.45, 7) is 6.95. The Morgan fingerprint density at radius 3 is 2.67 bits per heavy atom. The number of ether oxygens (including phenoxy) is 1. The highest BCUT2D eigenvalue weighted by atomic mass is 19.1. The molecule has 0 saturated heterocycles. The van der Waals surface area contributed by atoms with Crippen LogP contribution in [0.2, 0.25) is 0 Å². The number of aryl methyl sites for hydroxylation is 1. The molecule has 0 heterocycles. The third-order valence-electron chi connectivity index (χ3n) is 3.20. The molecule has 0 aliphatic rings. The van der Waals surface area contributed by atoms with Gasteiger partial charge in [-0.05, 0) is 50.4 Å². The van der Waals surface area contributed by atoms with E-state index in [9.17, 15) is 4.39 Å². The molecule has 102 valence electrons. The first-order chi connectivity index (χ1) is 8.58. The van der Waals surface area contributed by atoms with Gasteiger partial charge in [0.05, 0.1) is 6.10 Å². The summed E-state index contributed by atoms with van der Waals surface area (Å²) < 4.78 is 18.6. The van der Waals surface area contributed by atoms with Crippen LogP contribution in [0.3, 0.4) is 0 Å². The van der Waals surface area contributed by atoms with Gasteiger partial charge >= 0.3 is 0 Å². The average molecular weight is 253 g/mol. The zero-order valence-electron chi connectivity index (χ0n) is 11.8. The molecule has 3 heteroatoms. The molecule has 1 N–H and O–H groups in total. The van der Waals surface area contributed by atoms with Gasteiger partial charge in [-0.25, -0.2) is 4.39 Å². The molecule has 2 nitrogen and oxygen atoms in total. The van der Waals surface area contributed by atoms with E-state index in [2.05, 4.69) is 19.2 Å². The van der Waals surface area contributed by atoms with Crippen molar-refractivity contribution in [1.29, 1.82) is 0 Å². The number of hydrogen-bond donors (Lipinski definition) is 1. The van der Waals surface area contributed by atoms with E-state index in [-0.39, 0.29) is 18.0 Å². The smallest absolute Gasteiger partial charge is 0.126 e. The predicted molar refractivity (Wildman–Crippen MR) is 73.3 cm³/mol. The van der Waals surface area contributed by atoms with Crippen LogP contribution >= 0.6 is 0 Å². The van der Waals surface area contributed by atoms with Crippen LogP contribution in [-0.4, -0.2) is 19.8 Å². The van der Waals surface area contributed by atoms with Gasteiger partial charge in [-0.1, -0.05) is 19.1 Å². The number of halogens is 1. The molecule has 0 fully saturated rings. The molecule has 0 spiro atoms. The van der Waals surface area contributed by atoms with Gasteiger partial charge in [-0.15, -0.1) is 0 Å². The van der Waals surface area contributed by atoms with Crippen LogP contribution in [0.1, 0.15) is 43.9 Å². The van der Waals surface area contributed by atoms with E-state index in [1.54, 1.807) is 20.1 Å². The third kappa shape index (κ3) is 4.39. The maximum Gasteiger partial charge on any atom is 0.126 e. The minimum absolute atomic E-state index is 0.146. The minimum Gasteiger partial charge on any atom is -0.382 e. The first-order valence-electron chi connectivity index (χ1n) is 6.60. The van der Waals surface area contributed by atoms with Gasteiger partial charge in [0.25, 0.3) is 0 Å². The topological polar surface area (TPSA) is 21.3 Å². The highest BCUT2D eigenvalue weighted by molar-refractivity contribution is 5.26. The van der Waals surface area contributed by atoms with Crippen molar-refractivity contribution in [2.75, 3.05) is 13.7 Å². The van der Waals surface area contributed by atoms with E-state index in [1.807, 2.05) is 12.1 Å². The molecule has 1 rings (SSSR count). The lowest BCUT2D eigenvalue weighted by Gasteiger charge is -2.22. The minimum atomic E-state index is -0.146. The maximum atomic E-state index is 13.3. The second-order valence-electron chi connectivity index (χ2n) is 4.80. The first-order valence-corrected chi connectivity index (χ1v) is 6.60. The molecule has 0 aliphatic heterocycles. The lowest BCUT2D eigenvalue weighted by atomic mass is 9.99. The molecule has 0 bridgehead atoms. The molecule has 0 saturated carbocycles. The van der Waals surface area contributed by atoms with Crippen LogP contribution < -0.4 is 5.32 Å². The summed E-state index contributed by atoms with van der Waals surface area (Å²) in [5.41, 5.74) is 1.83. The van der Waals surface area contributed by atoms with Crippen molar-refractivity contribution in [2.45, 2.75) is 45.8 Å². The fourth-order valence-corrected chi connectivity index (χ4v) is 1.97. The Balaban J connectivity index is 2.82.